The van der Waals surface area contributed by atoms with E-state index in [1.807, 2.05) is 31.2 Å². The first kappa shape index (κ1) is 19.8. The van der Waals surface area contributed by atoms with Crippen molar-refractivity contribution < 1.29 is 13.2 Å². The van der Waals surface area contributed by atoms with Gasteiger partial charge in [-0.2, -0.15) is 0 Å². The quantitative estimate of drug-likeness (QED) is 0.770. The average molecular weight is 398 g/mol. The van der Waals surface area contributed by atoms with Crippen molar-refractivity contribution in [3.63, 3.8) is 0 Å². The molecule has 1 amide bonds. The molecule has 4 nitrogen and oxygen atoms in total. The van der Waals surface area contributed by atoms with Gasteiger partial charge in [-0.3, -0.25) is 4.79 Å². The number of benzene rings is 2. The summed E-state index contributed by atoms with van der Waals surface area (Å²) >= 11 is 7.45. The second-order valence-corrected chi connectivity index (χ2v) is 9.19. The molecular formula is C18H20ClNO3S2. The van der Waals surface area contributed by atoms with E-state index in [4.69, 9.17) is 11.6 Å². The van der Waals surface area contributed by atoms with Crippen LogP contribution in [-0.4, -0.2) is 26.3 Å². The Kier molecular flexibility index (Phi) is 6.93. The van der Waals surface area contributed by atoms with E-state index in [0.29, 0.717) is 16.5 Å². The summed E-state index contributed by atoms with van der Waals surface area (Å²) in [7, 11) is -3.21. The lowest BCUT2D eigenvalue weighted by molar-refractivity contribution is -0.119. The van der Waals surface area contributed by atoms with Gasteiger partial charge in [0.05, 0.1) is 16.7 Å². The van der Waals surface area contributed by atoms with Crippen molar-refractivity contribution in [2.45, 2.75) is 23.6 Å². The molecule has 0 heterocycles. The molecule has 134 valence electrons. The number of rotatable bonds is 7. The van der Waals surface area contributed by atoms with E-state index in [9.17, 15) is 13.2 Å². The first-order valence-corrected chi connectivity index (χ1v) is 11.1. The third-order valence-corrected chi connectivity index (χ3v) is 5.94. The second-order valence-electron chi connectivity index (χ2n) is 5.75. The lowest BCUT2D eigenvalue weighted by Crippen LogP contribution is -2.28. The predicted octanol–water partition coefficient (Wildman–Crippen LogP) is 3.85. The van der Waals surface area contributed by atoms with Crippen molar-refractivity contribution >= 4 is 39.1 Å². The predicted molar refractivity (Wildman–Crippen MR) is 104 cm³/mol. The Labute approximate surface area is 157 Å². The first-order chi connectivity index (χ1) is 11.8. The summed E-state index contributed by atoms with van der Waals surface area (Å²) in [6.45, 7) is 1.87. The van der Waals surface area contributed by atoms with E-state index in [-0.39, 0.29) is 16.8 Å². The highest BCUT2D eigenvalue weighted by molar-refractivity contribution is 7.99. The van der Waals surface area contributed by atoms with Crippen LogP contribution in [0.2, 0.25) is 5.02 Å². The zero-order valence-electron chi connectivity index (χ0n) is 14.0. The molecule has 1 atom stereocenters. The number of nitrogens with one attached hydrogen (secondary N) is 1. The van der Waals surface area contributed by atoms with E-state index < -0.39 is 9.84 Å². The summed E-state index contributed by atoms with van der Waals surface area (Å²) in [5.41, 5.74) is 1.94. The number of hydrogen-bond donors (Lipinski definition) is 1. The molecule has 1 N–H and O–H groups in total. The van der Waals surface area contributed by atoms with Gasteiger partial charge in [0.1, 0.15) is 0 Å². The fraction of sp³-hybridized carbons (Fsp3) is 0.278. The largest absolute Gasteiger partial charge is 0.349 e. The summed E-state index contributed by atoms with van der Waals surface area (Å²) in [5.74, 6) is 0.996. The molecule has 0 aliphatic carbocycles. The van der Waals surface area contributed by atoms with Crippen LogP contribution in [-0.2, 0) is 20.4 Å². The van der Waals surface area contributed by atoms with Crippen molar-refractivity contribution in [3.05, 3.63) is 64.7 Å². The van der Waals surface area contributed by atoms with E-state index in [2.05, 4.69) is 5.32 Å². The Morgan fingerprint density at radius 2 is 1.88 bits per heavy atom. The minimum Gasteiger partial charge on any atom is -0.349 e. The van der Waals surface area contributed by atoms with Crippen molar-refractivity contribution in [2.75, 3.05) is 12.0 Å². The van der Waals surface area contributed by atoms with E-state index in [1.165, 1.54) is 18.0 Å². The molecule has 7 heteroatoms. The van der Waals surface area contributed by atoms with Crippen LogP contribution in [0.15, 0.2) is 53.4 Å². The van der Waals surface area contributed by atoms with Crippen molar-refractivity contribution in [2.24, 2.45) is 0 Å². The first-order valence-electron chi connectivity index (χ1n) is 7.67. The van der Waals surface area contributed by atoms with Crippen LogP contribution in [0.5, 0.6) is 0 Å². The third kappa shape index (κ3) is 6.38. The molecule has 0 saturated heterocycles. The third-order valence-electron chi connectivity index (χ3n) is 3.58. The minimum absolute atomic E-state index is 0.0632. The Bertz CT molecular complexity index is 836. The molecule has 2 rings (SSSR count). The van der Waals surface area contributed by atoms with Crippen LogP contribution < -0.4 is 5.32 Å². The van der Waals surface area contributed by atoms with Gasteiger partial charge in [0.15, 0.2) is 9.84 Å². The van der Waals surface area contributed by atoms with Gasteiger partial charge < -0.3 is 5.32 Å². The minimum atomic E-state index is -3.21. The van der Waals surface area contributed by atoms with Gasteiger partial charge in [-0.1, -0.05) is 35.9 Å². The molecule has 0 bridgehead atoms. The normalized spacial score (nSPS) is 12.6. The second kappa shape index (κ2) is 8.74. The molecule has 0 aliphatic heterocycles. The highest BCUT2D eigenvalue weighted by Gasteiger charge is 2.12. The van der Waals surface area contributed by atoms with Gasteiger partial charge in [0.25, 0.3) is 0 Å². The Hall–Kier alpha value is -1.50. The molecule has 2 aromatic rings. The van der Waals surface area contributed by atoms with E-state index in [1.54, 1.807) is 24.3 Å². The molecule has 25 heavy (non-hydrogen) atoms. The Balaban J connectivity index is 1.83. The number of thioether (sulfide) groups is 1. The highest BCUT2D eigenvalue weighted by Crippen LogP contribution is 2.18. The summed E-state index contributed by atoms with van der Waals surface area (Å²) < 4.78 is 22.9. The van der Waals surface area contributed by atoms with E-state index >= 15 is 0 Å². The molecule has 0 spiro atoms. The lowest BCUT2D eigenvalue weighted by atomic mass is 10.1. The fourth-order valence-electron chi connectivity index (χ4n) is 2.26. The standard InChI is InChI=1S/C18H20ClNO3S2/c1-13(15-6-8-17(9-7-15)25(2,22)23)20-18(21)12-24-11-14-4-3-5-16(19)10-14/h3-10,13H,11-12H2,1-2H3,(H,20,21). The van der Waals surface area contributed by atoms with Crippen molar-refractivity contribution in [3.8, 4) is 0 Å². The van der Waals surface area contributed by atoms with Crippen molar-refractivity contribution in [1.82, 2.24) is 5.32 Å². The summed E-state index contributed by atoms with van der Waals surface area (Å²) in [4.78, 5) is 12.3. The SMILES string of the molecule is CC(NC(=O)CSCc1cccc(Cl)c1)c1ccc(S(C)(=O)=O)cc1. The maximum absolute atomic E-state index is 12.1. The molecular weight excluding hydrogens is 378 g/mol. The van der Waals surface area contributed by atoms with Gasteiger partial charge in [-0.15, -0.1) is 11.8 Å². The van der Waals surface area contributed by atoms with Crippen LogP contribution in [0.3, 0.4) is 0 Å². The molecule has 0 aromatic heterocycles. The van der Waals surface area contributed by atoms with Crippen LogP contribution >= 0.6 is 23.4 Å². The number of hydrogen-bond acceptors (Lipinski definition) is 4. The number of halogens is 1. The van der Waals surface area contributed by atoms with Gasteiger partial charge in [0, 0.05) is 17.0 Å². The van der Waals surface area contributed by atoms with Crippen LogP contribution in [0.4, 0.5) is 0 Å². The average Bonchev–Trinajstić information content (AvgIpc) is 2.54. The number of carbonyl (C=O) groups is 1. The molecule has 0 fully saturated rings. The van der Waals surface area contributed by atoms with E-state index in [0.717, 1.165) is 11.1 Å². The Morgan fingerprint density at radius 1 is 1.20 bits per heavy atom. The number of carbonyl (C=O) groups excluding carboxylic acids is 1. The van der Waals surface area contributed by atoms with Crippen LogP contribution in [0.1, 0.15) is 24.1 Å². The zero-order chi connectivity index (χ0) is 18.4. The summed E-state index contributed by atoms with van der Waals surface area (Å²) in [6.07, 6.45) is 1.17. The maximum Gasteiger partial charge on any atom is 0.230 e. The van der Waals surface area contributed by atoms with Crippen LogP contribution in [0.25, 0.3) is 0 Å². The van der Waals surface area contributed by atoms with Gasteiger partial charge in [-0.05, 0) is 42.3 Å². The van der Waals surface area contributed by atoms with Crippen molar-refractivity contribution in [1.29, 1.82) is 0 Å². The number of amides is 1. The summed E-state index contributed by atoms with van der Waals surface area (Å²) in [6, 6.07) is 13.9. The zero-order valence-corrected chi connectivity index (χ0v) is 16.4. The van der Waals surface area contributed by atoms with Gasteiger partial charge in [0.2, 0.25) is 5.91 Å². The molecule has 2 aromatic carbocycles. The van der Waals surface area contributed by atoms with Crippen LogP contribution in [0, 0.1) is 0 Å². The lowest BCUT2D eigenvalue weighted by Gasteiger charge is -2.14. The highest BCUT2D eigenvalue weighted by atomic mass is 35.5. The molecule has 0 radical (unpaired) electrons. The Morgan fingerprint density at radius 3 is 2.48 bits per heavy atom. The summed E-state index contributed by atoms with van der Waals surface area (Å²) in [5, 5.41) is 3.61. The molecule has 1 unspecified atom stereocenters. The number of sulfone groups is 1. The van der Waals surface area contributed by atoms with Gasteiger partial charge >= 0.3 is 0 Å². The molecule has 0 aliphatic rings. The monoisotopic (exact) mass is 397 g/mol. The maximum atomic E-state index is 12.1. The molecule has 0 saturated carbocycles. The fourth-order valence-corrected chi connectivity index (χ4v) is 3.89. The smallest absolute Gasteiger partial charge is 0.230 e. The van der Waals surface area contributed by atoms with Gasteiger partial charge in [-0.25, -0.2) is 8.42 Å². The topological polar surface area (TPSA) is 63.2 Å².